The molecule has 0 unspecified atom stereocenters. The highest BCUT2D eigenvalue weighted by Gasteiger charge is 2.18. The molecule has 1 aromatic heterocycles. The average Bonchev–Trinajstić information content (AvgIpc) is 2.49. The third kappa shape index (κ3) is 2.43. The number of hydrogen-bond donors (Lipinski definition) is 1. The van der Waals surface area contributed by atoms with Crippen molar-refractivity contribution in [3.63, 3.8) is 0 Å². The van der Waals surface area contributed by atoms with E-state index >= 15 is 0 Å². The first-order valence-electron chi connectivity index (χ1n) is 7.39. The number of aromatic nitrogens is 1. The Morgan fingerprint density at radius 2 is 1.90 bits per heavy atom. The highest BCUT2D eigenvalue weighted by molar-refractivity contribution is 6.00. The number of nitrogens with two attached hydrogens (primary N) is 1. The van der Waals surface area contributed by atoms with Crippen LogP contribution in [0.4, 0.5) is 11.4 Å². The Balaban J connectivity index is 1.87. The molecule has 106 valence electrons. The smallest absolute Gasteiger partial charge is 0.0449 e. The molecule has 1 aliphatic rings. The van der Waals surface area contributed by atoms with E-state index in [9.17, 15) is 0 Å². The SMILES string of the molecule is CCCN1CCN(c2ccc(N)c3cnccc23)CC1. The molecule has 2 aromatic rings. The minimum absolute atomic E-state index is 0.807. The van der Waals surface area contributed by atoms with Gasteiger partial charge in [-0.25, -0.2) is 0 Å². The molecule has 2 heterocycles. The summed E-state index contributed by atoms with van der Waals surface area (Å²) in [6.45, 7) is 7.91. The zero-order valence-electron chi connectivity index (χ0n) is 12.0. The fraction of sp³-hybridized carbons (Fsp3) is 0.438. The predicted octanol–water partition coefficient (Wildman–Crippen LogP) is 2.35. The highest BCUT2D eigenvalue weighted by atomic mass is 15.3. The molecule has 1 aliphatic heterocycles. The third-order valence-corrected chi connectivity index (χ3v) is 4.08. The van der Waals surface area contributed by atoms with Crippen molar-refractivity contribution in [2.75, 3.05) is 43.4 Å². The number of benzene rings is 1. The monoisotopic (exact) mass is 270 g/mol. The molecule has 1 fully saturated rings. The Morgan fingerprint density at radius 3 is 2.65 bits per heavy atom. The van der Waals surface area contributed by atoms with Crippen LogP contribution in [0.5, 0.6) is 0 Å². The summed E-state index contributed by atoms with van der Waals surface area (Å²) in [5, 5.41) is 2.27. The summed E-state index contributed by atoms with van der Waals surface area (Å²) in [7, 11) is 0. The standard InChI is InChI=1S/C16H22N4/c1-2-7-19-8-10-20(11-9-19)16-4-3-15(17)14-12-18-6-5-13(14)16/h3-6,12H,2,7-11,17H2,1H3. The van der Waals surface area contributed by atoms with E-state index in [0.29, 0.717) is 0 Å². The topological polar surface area (TPSA) is 45.4 Å². The molecule has 0 bridgehead atoms. The highest BCUT2D eigenvalue weighted by Crippen LogP contribution is 2.30. The number of anilines is 2. The minimum Gasteiger partial charge on any atom is -0.398 e. The van der Waals surface area contributed by atoms with Gasteiger partial charge in [0.15, 0.2) is 0 Å². The predicted molar refractivity (Wildman–Crippen MR) is 85.1 cm³/mol. The second kappa shape index (κ2) is 5.67. The Bertz CT molecular complexity index is 588. The fourth-order valence-corrected chi connectivity index (χ4v) is 3.00. The molecule has 1 saturated heterocycles. The number of rotatable bonds is 3. The van der Waals surface area contributed by atoms with Crippen LogP contribution < -0.4 is 10.6 Å². The number of nitrogens with zero attached hydrogens (tertiary/aromatic N) is 3. The fourth-order valence-electron chi connectivity index (χ4n) is 3.00. The molecule has 0 spiro atoms. The Labute approximate surface area is 120 Å². The van der Waals surface area contributed by atoms with Crippen LogP contribution in [0.25, 0.3) is 10.8 Å². The van der Waals surface area contributed by atoms with Crippen LogP contribution >= 0.6 is 0 Å². The van der Waals surface area contributed by atoms with Crippen LogP contribution in [0.1, 0.15) is 13.3 Å². The number of fused-ring (bicyclic) bond motifs is 1. The van der Waals surface area contributed by atoms with Crippen molar-refractivity contribution < 1.29 is 0 Å². The zero-order valence-corrected chi connectivity index (χ0v) is 12.0. The van der Waals surface area contributed by atoms with Crippen LogP contribution in [0.3, 0.4) is 0 Å². The second-order valence-corrected chi connectivity index (χ2v) is 5.42. The summed E-state index contributed by atoms with van der Waals surface area (Å²) in [6, 6.07) is 6.21. The second-order valence-electron chi connectivity index (χ2n) is 5.42. The van der Waals surface area contributed by atoms with E-state index in [2.05, 4.69) is 33.8 Å². The number of nitrogen functional groups attached to an aromatic ring is 1. The molecule has 0 aliphatic carbocycles. The van der Waals surface area contributed by atoms with Gasteiger partial charge >= 0.3 is 0 Å². The van der Waals surface area contributed by atoms with Gasteiger partial charge in [0.2, 0.25) is 0 Å². The van der Waals surface area contributed by atoms with Crippen molar-refractivity contribution in [2.45, 2.75) is 13.3 Å². The van der Waals surface area contributed by atoms with E-state index in [-0.39, 0.29) is 0 Å². The third-order valence-electron chi connectivity index (χ3n) is 4.08. The van der Waals surface area contributed by atoms with Crippen LogP contribution in [-0.2, 0) is 0 Å². The largest absolute Gasteiger partial charge is 0.398 e. The zero-order chi connectivity index (χ0) is 13.9. The molecule has 3 rings (SSSR count). The van der Waals surface area contributed by atoms with E-state index in [0.717, 1.165) is 37.3 Å². The van der Waals surface area contributed by atoms with E-state index < -0.39 is 0 Å². The van der Waals surface area contributed by atoms with Crippen molar-refractivity contribution in [1.82, 2.24) is 9.88 Å². The van der Waals surface area contributed by atoms with Gasteiger partial charge in [-0.05, 0) is 31.2 Å². The molecule has 2 N–H and O–H groups in total. The average molecular weight is 270 g/mol. The van der Waals surface area contributed by atoms with Crippen LogP contribution in [0.2, 0.25) is 0 Å². The lowest BCUT2D eigenvalue weighted by molar-refractivity contribution is 0.258. The number of hydrogen-bond acceptors (Lipinski definition) is 4. The Hall–Kier alpha value is -1.81. The quantitative estimate of drug-likeness (QED) is 0.870. The lowest BCUT2D eigenvalue weighted by Gasteiger charge is -2.36. The summed E-state index contributed by atoms with van der Waals surface area (Å²) in [5.74, 6) is 0. The maximum Gasteiger partial charge on any atom is 0.0449 e. The van der Waals surface area contributed by atoms with Crippen molar-refractivity contribution in [3.8, 4) is 0 Å². The van der Waals surface area contributed by atoms with Crippen molar-refractivity contribution >= 4 is 22.1 Å². The molecular formula is C16H22N4. The lowest BCUT2D eigenvalue weighted by Crippen LogP contribution is -2.46. The molecular weight excluding hydrogens is 248 g/mol. The van der Waals surface area contributed by atoms with Gasteiger partial charge in [0.25, 0.3) is 0 Å². The van der Waals surface area contributed by atoms with Crippen molar-refractivity contribution in [3.05, 3.63) is 30.6 Å². The first-order valence-corrected chi connectivity index (χ1v) is 7.39. The summed E-state index contributed by atoms with van der Waals surface area (Å²) < 4.78 is 0. The maximum absolute atomic E-state index is 6.05. The van der Waals surface area contributed by atoms with Gasteiger partial charge < -0.3 is 10.6 Å². The number of piperazine rings is 1. The summed E-state index contributed by atoms with van der Waals surface area (Å²) in [4.78, 5) is 9.20. The molecule has 0 atom stereocenters. The van der Waals surface area contributed by atoms with E-state index in [1.165, 1.54) is 24.0 Å². The molecule has 1 aromatic carbocycles. The van der Waals surface area contributed by atoms with Gasteiger partial charge in [-0.15, -0.1) is 0 Å². The summed E-state index contributed by atoms with van der Waals surface area (Å²) >= 11 is 0. The summed E-state index contributed by atoms with van der Waals surface area (Å²) in [6.07, 6.45) is 4.94. The van der Waals surface area contributed by atoms with E-state index in [4.69, 9.17) is 5.73 Å². The van der Waals surface area contributed by atoms with Gasteiger partial charge in [0.1, 0.15) is 0 Å². The van der Waals surface area contributed by atoms with Gasteiger partial charge in [-0.2, -0.15) is 0 Å². The molecule has 0 saturated carbocycles. The van der Waals surface area contributed by atoms with Crippen LogP contribution in [0.15, 0.2) is 30.6 Å². The Morgan fingerprint density at radius 1 is 1.10 bits per heavy atom. The first-order chi connectivity index (χ1) is 9.79. The normalized spacial score (nSPS) is 16.8. The van der Waals surface area contributed by atoms with Gasteiger partial charge in [0.05, 0.1) is 0 Å². The molecule has 4 nitrogen and oxygen atoms in total. The van der Waals surface area contributed by atoms with Crippen LogP contribution in [0, 0.1) is 0 Å². The van der Waals surface area contributed by atoms with E-state index in [1.807, 2.05) is 18.5 Å². The summed E-state index contributed by atoms with van der Waals surface area (Å²) in [5.41, 5.74) is 8.14. The van der Waals surface area contributed by atoms with Gasteiger partial charge in [-0.3, -0.25) is 9.88 Å². The maximum atomic E-state index is 6.05. The van der Waals surface area contributed by atoms with Crippen LogP contribution in [-0.4, -0.2) is 42.6 Å². The lowest BCUT2D eigenvalue weighted by atomic mass is 10.1. The first kappa shape index (κ1) is 13.2. The van der Waals surface area contributed by atoms with E-state index in [1.54, 1.807) is 0 Å². The molecule has 0 radical (unpaired) electrons. The molecule has 20 heavy (non-hydrogen) atoms. The Kier molecular flexibility index (Phi) is 3.74. The van der Waals surface area contributed by atoms with Gasteiger partial charge in [0, 0.05) is 60.7 Å². The van der Waals surface area contributed by atoms with Crippen molar-refractivity contribution in [2.24, 2.45) is 0 Å². The molecule has 4 heteroatoms. The van der Waals surface area contributed by atoms with Gasteiger partial charge in [-0.1, -0.05) is 6.92 Å². The molecule has 0 amide bonds. The minimum atomic E-state index is 0.807. The number of pyridine rings is 1. The van der Waals surface area contributed by atoms with Crippen molar-refractivity contribution in [1.29, 1.82) is 0 Å².